The molecule has 7 heteroatoms. The molecular formula is C10H5BrF2N2OS. The van der Waals surface area contributed by atoms with Gasteiger partial charge in [0.25, 0.3) is 5.91 Å². The molecule has 0 saturated heterocycles. The lowest BCUT2D eigenvalue weighted by Crippen LogP contribution is -2.13. The van der Waals surface area contributed by atoms with Crippen molar-refractivity contribution in [2.24, 2.45) is 0 Å². The first kappa shape index (κ1) is 12.1. The van der Waals surface area contributed by atoms with Crippen molar-refractivity contribution in [3.8, 4) is 0 Å². The van der Waals surface area contributed by atoms with E-state index in [-0.39, 0.29) is 9.35 Å². The number of aromatic nitrogens is 1. The Morgan fingerprint density at radius 2 is 2.00 bits per heavy atom. The number of hydrogen-bond donors (Lipinski definition) is 1. The molecule has 0 radical (unpaired) electrons. The van der Waals surface area contributed by atoms with Crippen LogP contribution in [0, 0.1) is 11.6 Å². The third-order valence-corrected chi connectivity index (χ3v) is 3.13. The first-order valence-corrected chi connectivity index (χ1v) is 6.09. The molecule has 17 heavy (non-hydrogen) atoms. The summed E-state index contributed by atoms with van der Waals surface area (Å²) in [5.74, 6) is -2.27. The van der Waals surface area contributed by atoms with Crippen LogP contribution in [0.1, 0.15) is 9.67 Å². The van der Waals surface area contributed by atoms with Gasteiger partial charge in [0.2, 0.25) is 0 Å². The number of carbonyl (C=O) groups is 1. The van der Waals surface area contributed by atoms with E-state index in [4.69, 9.17) is 0 Å². The number of hydrogen-bond acceptors (Lipinski definition) is 3. The van der Waals surface area contributed by atoms with E-state index in [9.17, 15) is 13.6 Å². The smallest absolute Gasteiger partial charge is 0.267 e. The summed E-state index contributed by atoms with van der Waals surface area (Å²) in [6.07, 6.45) is 1.33. The van der Waals surface area contributed by atoms with Crippen LogP contribution in [-0.2, 0) is 0 Å². The molecule has 0 spiro atoms. The van der Waals surface area contributed by atoms with Crippen LogP contribution in [0.3, 0.4) is 0 Å². The molecule has 0 aliphatic carbocycles. The van der Waals surface area contributed by atoms with E-state index < -0.39 is 23.2 Å². The SMILES string of the molecule is O=C(Nc1c(F)cc(Br)cc1F)c1cncs1. The van der Waals surface area contributed by atoms with Gasteiger partial charge in [0.1, 0.15) is 10.6 Å². The van der Waals surface area contributed by atoms with E-state index in [2.05, 4.69) is 26.2 Å². The van der Waals surface area contributed by atoms with Crippen LogP contribution >= 0.6 is 27.3 Å². The molecule has 1 amide bonds. The summed E-state index contributed by atoms with van der Waals surface area (Å²) in [7, 11) is 0. The number of anilines is 1. The predicted molar refractivity (Wildman–Crippen MR) is 64.1 cm³/mol. The third-order valence-electron chi connectivity index (χ3n) is 1.90. The molecule has 0 aliphatic heterocycles. The van der Waals surface area contributed by atoms with Crippen LogP contribution in [0.15, 0.2) is 28.3 Å². The molecule has 1 aromatic heterocycles. The highest BCUT2D eigenvalue weighted by atomic mass is 79.9. The molecule has 0 fully saturated rings. The summed E-state index contributed by atoms with van der Waals surface area (Å²) in [4.78, 5) is 15.6. The Balaban J connectivity index is 2.28. The van der Waals surface area contributed by atoms with Gasteiger partial charge in [0, 0.05) is 4.47 Å². The lowest BCUT2D eigenvalue weighted by atomic mass is 10.3. The topological polar surface area (TPSA) is 42.0 Å². The minimum Gasteiger partial charge on any atom is -0.316 e. The summed E-state index contributed by atoms with van der Waals surface area (Å²) in [5, 5.41) is 2.17. The van der Waals surface area contributed by atoms with E-state index >= 15 is 0 Å². The lowest BCUT2D eigenvalue weighted by molar-refractivity contribution is 0.102. The Hall–Kier alpha value is -1.34. The first-order valence-electron chi connectivity index (χ1n) is 4.42. The highest BCUT2D eigenvalue weighted by molar-refractivity contribution is 9.10. The van der Waals surface area contributed by atoms with Gasteiger partial charge in [0.05, 0.1) is 11.7 Å². The van der Waals surface area contributed by atoms with Crippen molar-refractivity contribution in [2.75, 3.05) is 5.32 Å². The minimum atomic E-state index is -0.838. The van der Waals surface area contributed by atoms with Crippen LogP contribution in [0.2, 0.25) is 0 Å². The molecule has 2 rings (SSSR count). The summed E-state index contributed by atoms with van der Waals surface area (Å²) in [6.45, 7) is 0. The van der Waals surface area contributed by atoms with E-state index in [0.29, 0.717) is 0 Å². The van der Waals surface area contributed by atoms with Crippen molar-refractivity contribution >= 4 is 38.9 Å². The monoisotopic (exact) mass is 318 g/mol. The Morgan fingerprint density at radius 1 is 1.35 bits per heavy atom. The van der Waals surface area contributed by atoms with E-state index in [1.54, 1.807) is 0 Å². The lowest BCUT2D eigenvalue weighted by Gasteiger charge is -2.06. The fourth-order valence-electron chi connectivity index (χ4n) is 1.16. The zero-order valence-corrected chi connectivity index (χ0v) is 10.6. The number of rotatable bonds is 2. The van der Waals surface area contributed by atoms with Crippen molar-refractivity contribution in [1.29, 1.82) is 0 Å². The van der Waals surface area contributed by atoms with E-state index in [0.717, 1.165) is 23.5 Å². The average molecular weight is 319 g/mol. The number of nitrogens with zero attached hydrogens (tertiary/aromatic N) is 1. The normalized spacial score (nSPS) is 10.3. The van der Waals surface area contributed by atoms with Crippen LogP contribution in [0.5, 0.6) is 0 Å². The molecule has 88 valence electrons. The maximum atomic E-state index is 13.4. The number of nitrogens with one attached hydrogen (secondary N) is 1. The molecule has 2 aromatic rings. The van der Waals surface area contributed by atoms with E-state index in [1.807, 2.05) is 0 Å². The molecule has 0 atom stereocenters. The standard InChI is InChI=1S/C10H5BrF2N2OS/c11-5-1-6(12)9(7(13)2-5)15-10(16)8-3-14-4-17-8/h1-4H,(H,15,16). The number of amides is 1. The quantitative estimate of drug-likeness (QED) is 0.921. The number of carbonyl (C=O) groups excluding carboxylic acids is 1. The van der Waals surface area contributed by atoms with Crippen LogP contribution < -0.4 is 5.32 Å². The van der Waals surface area contributed by atoms with Crippen molar-refractivity contribution in [1.82, 2.24) is 4.98 Å². The fraction of sp³-hybridized carbons (Fsp3) is 0. The average Bonchev–Trinajstić information content (AvgIpc) is 2.76. The molecule has 0 bridgehead atoms. The predicted octanol–water partition coefficient (Wildman–Crippen LogP) is 3.44. The molecule has 3 nitrogen and oxygen atoms in total. The van der Waals surface area contributed by atoms with Gasteiger partial charge < -0.3 is 5.32 Å². The van der Waals surface area contributed by atoms with Crippen LogP contribution in [0.25, 0.3) is 0 Å². The molecule has 0 aliphatic rings. The van der Waals surface area contributed by atoms with Crippen molar-refractivity contribution in [3.63, 3.8) is 0 Å². The summed E-state index contributed by atoms with van der Waals surface area (Å²) in [6, 6.07) is 2.15. The van der Waals surface area contributed by atoms with Gasteiger partial charge in [-0.1, -0.05) is 15.9 Å². The number of halogens is 3. The molecule has 0 unspecified atom stereocenters. The van der Waals surface area contributed by atoms with Gasteiger partial charge >= 0.3 is 0 Å². The van der Waals surface area contributed by atoms with Gasteiger partial charge in [-0.3, -0.25) is 9.78 Å². The van der Waals surface area contributed by atoms with Crippen molar-refractivity contribution < 1.29 is 13.6 Å². The maximum Gasteiger partial charge on any atom is 0.267 e. The van der Waals surface area contributed by atoms with Crippen LogP contribution in [-0.4, -0.2) is 10.9 Å². The number of benzene rings is 1. The molecule has 0 saturated carbocycles. The molecule has 1 N–H and O–H groups in total. The minimum absolute atomic E-state index is 0.267. The van der Waals surface area contributed by atoms with Gasteiger partial charge in [-0.05, 0) is 12.1 Å². The van der Waals surface area contributed by atoms with Crippen molar-refractivity contribution in [2.45, 2.75) is 0 Å². The zero-order chi connectivity index (χ0) is 12.4. The third kappa shape index (κ3) is 2.67. The first-order chi connectivity index (χ1) is 8.08. The van der Waals surface area contributed by atoms with Gasteiger partial charge in [-0.25, -0.2) is 8.78 Å². The summed E-state index contributed by atoms with van der Waals surface area (Å²) in [5.41, 5.74) is 0.995. The van der Waals surface area contributed by atoms with Gasteiger partial charge in [-0.15, -0.1) is 11.3 Å². The zero-order valence-electron chi connectivity index (χ0n) is 8.21. The second-order valence-corrected chi connectivity index (χ2v) is 4.87. The Kier molecular flexibility index (Phi) is 3.49. The Morgan fingerprint density at radius 3 is 2.53 bits per heavy atom. The van der Waals surface area contributed by atoms with Crippen LogP contribution in [0.4, 0.5) is 14.5 Å². The second-order valence-electron chi connectivity index (χ2n) is 3.06. The summed E-state index contributed by atoms with van der Waals surface area (Å²) >= 11 is 4.04. The van der Waals surface area contributed by atoms with E-state index in [1.165, 1.54) is 11.7 Å². The highest BCUT2D eigenvalue weighted by Gasteiger charge is 2.15. The van der Waals surface area contributed by atoms with Crippen molar-refractivity contribution in [3.05, 3.63) is 44.8 Å². The fourth-order valence-corrected chi connectivity index (χ4v) is 2.08. The van der Waals surface area contributed by atoms with Gasteiger partial charge in [0.15, 0.2) is 11.6 Å². The summed E-state index contributed by atoms with van der Waals surface area (Å²) < 4.78 is 27.1. The van der Waals surface area contributed by atoms with Gasteiger partial charge in [-0.2, -0.15) is 0 Å². The second kappa shape index (κ2) is 4.89. The highest BCUT2D eigenvalue weighted by Crippen LogP contribution is 2.24. The molecular weight excluding hydrogens is 314 g/mol. The number of thiazole rings is 1. The largest absolute Gasteiger partial charge is 0.316 e. The molecule has 1 aromatic carbocycles. The Bertz CT molecular complexity index is 536. The maximum absolute atomic E-state index is 13.4. The molecule has 1 heterocycles. The Labute approximate surface area is 108 Å².